The highest BCUT2D eigenvalue weighted by Crippen LogP contribution is 2.34. The highest BCUT2D eigenvalue weighted by molar-refractivity contribution is 6.32. The number of aromatic nitrogens is 2. The highest BCUT2D eigenvalue weighted by Gasteiger charge is 2.30. The molecule has 0 unspecified atom stereocenters. The van der Waals surface area contributed by atoms with Crippen LogP contribution >= 0.6 is 11.6 Å². The predicted octanol–water partition coefficient (Wildman–Crippen LogP) is 4.90. The van der Waals surface area contributed by atoms with Crippen LogP contribution in [0.5, 0.6) is 0 Å². The molecule has 3 nitrogen and oxygen atoms in total. The maximum absolute atomic E-state index is 12.8. The van der Waals surface area contributed by atoms with Gasteiger partial charge in [0, 0.05) is 5.56 Å². The van der Waals surface area contributed by atoms with Crippen LogP contribution in [0.3, 0.4) is 0 Å². The first-order chi connectivity index (χ1) is 12.9. The molecule has 2 aromatic carbocycles. The molecule has 140 valence electrons. The van der Waals surface area contributed by atoms with Crippen molar-refractivity contribution in [2.24, 2.45) is 0 Å². The fourth-order valence-electron chi connectivity index (χ4n) is 3.48. The van der Waals surface area contributed by atoms with Gasteiger partial charge in [0.1, 0.15) is 0 Å². The number of benzene rings is 2. The molecule has 4 rings (SSSR count). The van der Waals surface area contributed by atoms with Crippen LogP contribution in [0.1, 0.15) is 16.7 Å². The Morgan fingerprint density at radius 3 is 2.44 bits per heavy atom. The van der Waals surface area contributed by atoms with Gasteiger partial charge in [0.25, 0.3) is 0 Å². The van der Waals surface area contributed by atoms with Crippen molar-refractivity contribution in [2.75, 3.05) is 13.1 Å². The Kier molecular flexibility index (Phi) is 4.70. The smallest absolute Gasteiger partial charge is 0.316 e. The molecular weight excluding hydrogens is 375 g/mol. The molecule has 1 aromatic heterocycles. The average molecular weight is 392 g/mol. The van der Waals surface area contributed by atoms with Crippen molar-refractivity contribution < 1.29 is 13.2 Å². The summed E-state index contributed by atoms with van der Waals surface area (Å²) in [5.41, 5.74) is 3.84. The van der Waals surface area contributed by atoms with Gasteiger partial charge < -0.3 is 5.32 Å². The van der Waals surface area contributed by atoms with Crippen LogP contribution in [0.2, 0.25) is 5.02 Å². The largest absolute Gasteiger partial charge is 0.416 e. The van der Waals surface area contributed by atoms with Gasteiger partial charge in [0.05, 0.1) is 28.2 Å². The second-order valence-corrected chi connectivity index (χ2v) is 6.89. The first kappa shape index (κ1) is 18.1. The topological polar surface area (TPSA) is 29.9 Å². The highest BCUT2D eigenvalue weighted by atomic mass is 35.5. The van der Waals surface area contributed by atoms with E-state index < -0.39 is 11.7 Å². The standard InChI is InChI=1S/C20H17ClF3N3/c21-17-6-3-13-7-10-25-11-8-16(13)19(17)27-18(9-12-26-27)14-1-4-15(5-2-14)20(22,23)24/h1-6,9,12,25H,7-8,10-11H2. The first-order valence-electron chi connectivity index (χ1n) is 8.68. The van der Waals surface area contributed by atoms with Crippen LogP contribution < -0.4 is 5.32 Å². The van der Waals surface area contributed by atoms with E-state index >= 15 is 0 Å². The SMILES string of the molecule is FC(F)(F)c1ccc(-c2ccnn2-c2c(Cl)ccc3c2CCNCC3)cc1. The third-order valence-corrected chi connectivity index (χ3v) is 5.12. The summed E-state index contributed by atoms with van der Waals surface area (Å²) < 4.78 is 40.3. The lowest BCUT2D eigenvalue weighted by atomic mass is 10.0. The lowest BCUT2D eigenvalue weighted by Crippen LogP contribution is -2.16. The minimum absolute atomic E-state index is 0.576. The molecule has 3 aromatic rings. The molecular formula is C20H17ClF3N3. The second kappa shape index (κ2) is 7.02. The molecule has 0 aliphatic carbocycles. The third kappa shape index (κ3) is 3.47. The Hall–Kier alpha value is -2.31. The van der Waals surface area contributed by atoms with Crippen LogP contribution in [0.4, 0.5) is 13.2 Å². The zero-order valence-electron chi connectivity index (χ0n) is 14.4. The molecule has 0 spiro atoms. The predicted molar refractivity (Wildman–Crippen MR) is 99.3 cm³/mol. The van der Waals surface area contributed by atoms with Gasteiger partial charge in [-0.3, -0.25) is 0 Å². The van der Waals surface area contributed by atoms with E-state index in [0.717, 1.165) is 49.3 Å². The van der Waals surface area contributed by atoms with E-state index in [9.17, 15) is 13.2 Å². The number of nitrogens with one attached hydrogen (secondary N) is 1. The van der Waals surface area contributed by atoms with Gasteiger partial charge in [-0.25, -0.2) is 4.68 Å². The Labute approximate surface area is 159 Å². The zero-order valence-corrected chi connectivity index (χ0v) is 15.1. The quantitative estimate of drug-likeness (QED) is 0.673. The molecule has 2 heterocycles. The van der Waals surface area contributed by atoms with Crippen molar-refractivity contribution in [1.29, 1.82) is 0 Å². The minimum Gasteiger partial charge on any atom is -0.316 e. The Morgan fingerprint density at radius 2 is 1.70 bits per heavy atom. The molecule has 0 atom stereocenters. The van der Waals surface area contributed by atoms with E-state index in [1.165, 1.54) is 17.7 Å². The first-order valence-corrected chi connectivity index (χ1v) is 9.06. The maximum atomic E-state index is 12.8. The molecule has 7 heteroatoms. The van der Waals surface area contributed by atoms with Gasteiger partial charge in [-0.1, -0.05) is 29.8 Å². The number of nitrogens with zero attached hydrogens (tertiary/aromatic N) is 2. The van der Waals surface area contributed by atoms with Crippen molar-refractivity contribution in [3.8, 4) is 16.9 Å². The number of rotatable bonds is 2. The molecule has 0 bridgehead atoms. The van der Waals surface area contributed by atoms with E-state index in [2.05, 4.69) is 10.4 Å². The second-order valence-electron chi connectivity index (χ2n) is 6.49. The molecule has 0 fully saturated rings. The normalized spacial score (nSPS) is 14.7. The summed E-state index contributed by atoms with van der Waals surface area (Å²) in [5.74, 6) is 0. The van der Waals surface area contributed by atoms with E-state index in [1.54, 1.807) is 16.9 Å². The molecule has 1 aliphatic heterocycles. The van der Waals surface area contributed by atoms with Crippen molar-refractivity contribution in [2.45, 2.75) is 19.0 Å². The Morgan fingerprint density at radius 1 is 0.963 bits per heavy atom. The summed E-state index contributed by atoms with van der Waals surface area (Å²) in [6.45, 7) is 1.75. The summed E-state index contributed by atoms with van der Waals surface area (Å²) in [7, 11) is 0. The number of hydrogen-bond donors (Lipinski definition) is 1. The molecule has 27 heavy (non-hydrogen) atoms. The molecule has 1 N–H and O–H groups in total. The lowest BCUT2D eigenvalue weighted by molar-refractivity contribution is -0.137. The summed E-state index contributed by atoms with van der Waals surface area (Å²) in [6.07, 6.45) is -1.00. The maximum Gasteiger partial charge on any atom is 0.416 e. The van der Waals surface area contributed by atoms with Gasteiger partial charge in [-0.05, 0) is 61.3 Å². The Bertz CT molecular complexity index is 962. The number of hydrogen-bond acceptors (Lipinski definition) is 2. The van der Waals surface area contributed by atoms with Crippen molar-refractivity contribution in [3.63, 3.8) is 0 Å². The molecule has 1 aliphatic rings. The van der Waals surface area contributed by atoms with Gasteiger partial charge in [0.15, 0.2) is 0 Å². The van der Waals surface area contributed by atoms with Crippen LogP contribution in [0.15, 0.2) is 48.7 Å². The molecule has 0 saturated carbocycles. The van der Waals surface area contributed by atoms with Crippen molar-refractivity contribution >= 4 is 11.6 Å². The van der Waals surface area contributed by atoms with Gasteiger partial charge in [-0.2, -0.15) is 18.3 Å². The van der Waals surface area contributed by atoms with E-state index in [-0.39, 0.29) is 0 Å². The lowest BCUT2D eigenvalue weighted by Gasteiger charge is -2.17. The van der Waals surface area contributed by atoms with Crippen LogP contribution in [0, 0.1) is 0 Å². The molecule has 0 saturated heterocycles. The number of alkyl halides is 3. The van der Waals surface area contributed by atoms with Crippen LogP contribution in [-0.4, -0.2) is 22.9 Å². The van der Waals surface area contributed by atoms with Gasteiger partial charge in [-0.15, -0.1) is 0 Å². The number of fused-ring (bicyclic) bond motifs is 1. The minimum atomic E-state index is -4.36. The van der Waals surface area contributed by atoms with Crippen LogP contribution in [-0.2, 0) is 19.0 Å². The summed E-state index contributed by atoms with van der Waals surface area (Å²) in [4.78, 5) is 0. The monoisotopic (exact) mass is 391 g/mol. The van der Waals surface area contributed by atoms with E-state index in [0.29, 0.717) is 16.3 Å². The summed E-state index contributed by atoms with van der Waals surface area (Å²) >= 11 is 6.52. The third-order valence-electron chi connectivity index (χ3n) is 4.82. The Balaban J connectivity index is 1.82. The van der Waals surface area contributed by atoms with Crippen LogP contribution in [0.25, 0.3) is 16.9 Å². The van der Waals surface area contributed by atoms with E-state index in [4.69, 9.17) is 11.6 Å². The summed E-state index contributed by atoms with van der Waals surface area (Å²) in [5, 5.41) is 8.37. The summed E-state index contributed by atoms with van der Waals surface area (Å²) in [6, 6.07) is 10.8. The molecule has 0 radical (unpaired) electrons. The van der Waals surface area contributed by atoms with Gasteiger partial charge in [0.2, 0.25) is 0 Å². The molecule has 0 amide bonds. The van der Waals surface area contributed by atoms with Crippen molar-refractivity contribution in [1.82, 2.24) is 15.1 Å². The zero-order chi connectivity index (χ0) is 19.0. The van der Waals surface area contributed by atoms with Crippen molar-refractivity contribution in [3.05, 3.63) is 70.4 Å². The number of halogens is 4. The van der Waals surface area contributed by atoms with E-state index in [1.807, 2.05) is 12.1 Å². The fourth-order valence-corrected chi connectivity index (χ4v) is 3.74. The average Bonchev–Trinajstić information content (AvgIpc) is 2.99. The fraction of sp³-hybridized carbons (Fsp3) is 0.250. The van der Waals surface area contributed by atoms with Gasteiger partial charge >= 0.3 is 6.18 Å².